The maximum absolute atomic E-state index is 8.22. The van der Waals surface area contributed by atoms with Crippen LogP contribution in [0.1, 0.15) is 52.0 Å². The number of pyridine rings is 2. The number of aromatic nitrogens is 2. The van der Waals surface area contributed by atoms with E-state index in [9.17, 15) is 0 Å². The van der Waals surface area contributed by atoms with Crippen LogP contribution in [-0.4, -0.2) is 9.97 Å². The zero-order chi connectivity index (χ0) is 36.3. The average molecular weight is 882 g/mol. The third kappa shape index (κ3) is 6.33. The molecule has 261 valence electrons. The van der Waals surface area contributed by atoms with Crippen molar-refractivity contribution in [3.05, 3.63) is 157 Å². The van der Waals surface area contributed by atoms with Crippen LogP contribution < -0.4 is 0 Å². The summed E-state index contributed by atoms with van der Waals surface area (Å²) in [6.07, 6.45) is 3.66. The van der Waals surface area contributed by atoms with Crippen LogP contribution in [0.2, 0.25) is 0 Å². The minimum atomic E-state index is -0.634. The fourth-order valence-electron chi connectivity index (χ4n) is 7.10. The molecule has 1 radical (unpaired) electrons. The molecule has 10 rings (SSSR count). The first kappa shape index (κ1) is 33.6. The summed E-state index contributed by atoms with van der Waals surface area (Å²) in [6.45, 7) is 8.18. The Bertz CT molecular complexity index is 2990. The minimum absolute atomic E-state index is 0. The van der Waals surface area contributed by atoms with Crippen molar-refractivity contribution in [2.75, 3.05) is 0 Å². The van der Waals surface area contributed by atoms with E-state index in [0.717, 1.165) is 50.0 Å². The molecule has 0 bridgehead atoms. The normalized spacial score (nSPS) is 12.1. The molecule has 53 heavy (non-hydrogen) atoms. The number of furan rings is 1. The van der Waals surface area contributed by atoms with Crippen LogP contribution in [0.15, 0.2) is 138 Å². The molecule has 6 aromatic carbocycles. The van der Waals surface area contributed by atoms with Gasteiger partial charge in [-0.1, -0.05) is 139 Å². The molecule has 4 heterocycles. The van der Waals surface area contributed by atoms with E-state index in [1.54, 1.807) is 17.5 Å². The van der Waals surface area contributed by atoms with E-state index in [2.05, 4.69) is 133 Å². The number of nitrogens with zero attached hydrogens (tertiary/aromatic N) is 2. The first-order valence-corrected chi connectivity index (χ1v) is 18.5. The number of fused-ring (bicyclic) bond motifs is 10. The van der Waals surface area contributed by atoms with Gasteiger partial charge in [0.1, 0.15) is 5.58 Å². The molecule has 0 saturated heterocycles. The topological polar surface area (TPSA) is 38.9 Å². The van der Waals surface area contributed by atoms with Crippen molar-refractivity contribution in [1.29, 1.82) is 0 Å². The quantitative estimate of drug-likeness (QED) is 0.131. The standard InChI is InChI=1S/C26H18NOS.C22H18N.Ir/c1-15(2)16-12-13-27-22(14-16)21-8-5-7-18-19-10-11-20-17-6-3-4-9-23(17)29-26(20)25(19)28-24(18)21;1-15(2)17-11-12-23-22(14-17)19-9-10-21-18(13-19)8-7-16-5-3-4-6-20(16)21;/h3-7,9-15H,1-2H3;3-8,10-15H,1-2H3;/q2*-1;/i;15D;. The monoisotopic (exact) mass is 882 g/mol. The van der Waals surface area contributed by atoms with Gasteiger partial charge in [-0.25, -0.2) is 0 Å². The molecule has 5 heteroatoms. The van der Waals surface area contributed by atoms with Gasteiger partial charge in [0.05, 0.1) is 10.3 Å². The van der Waals surface area contributed by atoms with Crippen LogP contribution in [0.4, 0.5) is 0 Å². The zero-order valence-electron chi connectivity index (χ0n) is 30.8. The van der Waals surface area contributed by atoms with Gasteiger partial charge in [-0.3, -0.25) is 0 Å². The summed E-state index contributed by atoms with van der Waals surface area (Å²) >= 11 is 1.79. The average Bonchev–Trinajstić information content (AvgIpc) is 3.76. The van der Waals surface area contributed by atoms with Crippen molar-refractivity contribution >= 4 is 75.0 Å². The maximum atomic E-state index is 8.22. The van der Waals surface area contributed by atoms with Crippen LogP contribution in [0.5, 0.6) is 0 Å². The molecule has 4 aromatic heterocycles. The largest absolute Gasteiger partial charge is 0.499 e. The molecular formula is C48H36IrN2OS-2. The van der Waals surface area contributed by atoms with E-state index in [1.807, 2.05) is 44.3 Å². The van der Waals surface area contributed by atoms with Crippen LogP contribution in [0.25, 0.3) is 86.2 Å². The van der Waals surface area contributed by atoms with E-state index in [-0.39, 0.29) is 20.1 Å². The molecule has 0 unspecified atom stereocenters. The Morgan fingerprint density at radius 2 is 1.32 bits per heavy atom. The number of hydrogen-bond acceptors (Lipinski definition) is 4. The third-order valence-electron chi connectivity index (χ3n) is 9.94. The first-order valence-electron chi connectivity index (χ1n) is 18.2. The van der Waals surface area contributed by atoms with Gasteiger partial charge in [-0.15, -0.1) is 58.7 Å². The van der Waals surface area contributed by atoms with E-state index < -0.39 is 5.89 Å². The van der Waals surface area contributed by atoms with Gasteiger partial charge in [-0.05, 0) is 46.8 Å². The summed E-state index contributed by atoms with van der Waals surface area (Å²) in [5.41, 5.74) is 7.71. The Morgan fingerprint density at radius 3 is 2.15 bits per heavy atom. The van der Waals surface area contributed by atoms with Gasteiger partial charge in [-0.2, -0.15) is 0 Å². The van der Waals surface area contributed by atoms with Crippen molar-refractivity contribution in [3.8, 4) is 22.5 Å². The minimum Gasteiger partial charge on any atom is -0.499 e. The van der Waals surface area contributed by atoms with Gasteiger partial charge < -0.3 is 14.4 Å². The van der Waals surface area contributed by atoms with Crippen LogP contribution >= 0.6 is 11.3 Å². The van der Waals surface area contributed by atoms with Gasteiger partial charge in [0.2, 0.25) is 0 Å². The molecule has 0 saturated carbocycles. The first-order chi connectivity index (χ1) is 25.7. The Kier molecular flexibility index (Phi) is 9.09. The summed E-state index contributed by atoms with van der Waals surface area (Å²) in [4.78, 5) is 9.10. The Morgan fingerprint density at radius 1 is 0.623 bits per heavy atom. The van der Waals surface area contributed by atoms with Crippen molar-refractivity contribution < 1.29 is 25.9 Å². The molecule has 0 aliphatic heterocycles. The SMILES string of the molecule is CC(C)c1ccnc(-c2[c-]ccc3c2oc2c3ccc3c4ccccc4sc32)c1.[2H]C(C)(C)c1ccnc(-c2[c-]cc3c(ccc4ccccc43)c2)c1.[Ir]. The van der Waals surface area contributed by atoms with E-state index in [1.165, 1.54) is 47.3 Å². The molecule has 0 N–H and O–H groups in total. The number of thiophene rings is 1. The second-order valence-electron chi connectivity index (χ2n) is 13.8. The van der Waals surface area contributed by atoms with Gasteiger partial charge in [0, 0.05) is 54.7 Å². The fraction of sp³-hybridized carbons (Fsp3) is 0.125. The molecular weight excluding hydrogens is 845 g/mol. The van der Waals surface area contributed by atoms with E-state index in [4.69, 9.17) is 5.79 Å². The summed E-state index contributed by atoms with van der Waals surface area (Å²) < 4.78 is 17.2. The molecule has 0 atom stereocenters. The van der Waals surface area contributed by atoms with Gasteiger partial charge in [0.25, 0.3) is 0 Å². The van der Waals surface area contributed by atoms with Crippen LogP contribution in [0, 0.1) is 12.1 Å². The molecule has 0 aliphatic carbocycles. The molecule has 0 spiro atoms. The number of hydrogen-bond donors (Lipinski definition) is 0. The summed E-state index contributed by atoms with van der Waals surface area (Å²) in [6, 6.07) is 48.8. The Labute approximate surface area is 328 Å². The smallest absolute Gasteiger partial charge is 0.138 e. The molecule has 10 aromatic rings. The second-order valence-corrected chi connectivity index (χ2v) is 14.9. The second kappa shape index (κ2) is 14.3. The van der Waals surface area contributed by atoms with Crippen molar-refractivity contribution in [2.24, 2.45) is 0 Å². The Hall–Kier alpha value is -5.19. The van der Waals surface area contributed by atoms with Crippen molar-refractivity contribution in [1.82, 2.24) is 9.97 Å². The summed E-state index contributed by atoms with van der Waals surface area (Å²) in [7, 11) is 0. The molecule has 3 nitrogen and oxygen atoms in total. The molecule has 0 aliphatic rings. The Balaban J connectivity index is 0.000000153. The number of benzene rings is 6. The van der Waals surface area contributed by atoms with Crippen molar-refractivity contribution in [3.63, 3.8) is 0 Å². The van der Waals surface area contributed by atoms with Gasteiger partial charge in [0.15, 0.2) is 0 Å². The van der Waals surface area contributed by atoms with E-state index >= 15 is 0 Å². The van der Waals surface area contributed by atoms with E-state index in [0.29, 0.717) is 5.92 Å². The van der Waals surface area contributed by atoms with Crippen LogP contribution in [-0.2, 0) is 20.1 Å². The zero-order valence-corrected chi connectivity index (χ0v) is 33.0. The number of rotatable bonds is 4. The fourth-order valence-corrected chi connectivity index (χ4v) is 8.28. The van der Waals surface area contributed by atoms with Crippen LogP contribution in [0.3, 0.4) is 0 Å². The molecule has 0 amide bonds. The van der Waals surface area contributed by atoms with Gasteiger partial charge >= 0.3 is 0 Å². The maximum Gasteiger partial charge on any atom is 0.138 e. The summed E-state index contributed by atoms with van der Waals surface area (Å²) in [5, 5.41) is 9.66. The summed E-state index contributed by atoms with van der Waals surface area (Å²) in [5.74, 6) is -0.185. The van der Waals surface area contributed by atoms with Crippen molar-refractivity contribution in [2.45, 2.75) is 39.5 Å². The predicted molar refractivity (Wildman–Crippen MR) is 220 cm³/mol. The third-order valence-corrected chi connectivity index (χ3v) is 11.1. The molecule has 0 fully saturated rings. The predicted octanol–water partition coefficient (Wildman–Crippen LogP) is 13.9.